The Labute approximate surface area is 214 Å². The van der Waals surface area contributed by atoms with Crippen molar-refractivity contribution in [3.8, 4) is 11.5 Å². The quantitative estimate of drug-likeness (QED) is 0.314. The standard InChI is InChI=1S/C28H28N6O3/c1-36-24-10-8-21(9-11-24)16-33(19-27-30-31-32-34(27)17-20-6-4-3-5-7-20)18-23-14-22-15-25(37-2)12-13-26(22)29-28(23)35/h3-15H,16-19H2,1-2H3,(H,29,35). The van der Waals surface area contributed by atoms with E-state index in [1.165, 1.54) is 0 Å². The van der Waals surface area contributed by atoms with Crippen molar-refractivity contribution in [3.05, 3.63) is 112 Å². The number of fused-ring (bicyclic) bond motifs is 1. The van der Waals surface area contributed by atoms with E-state index in [1.807, 2.05) is 78.9 Å². The summed E-state index contributed by atoms with van der Waals surface area (Å²) < 4.78 is 12.5. The Bertz CT molecular complexity index is 1530. The lowest BCUT2D eigenvalue weighted by molar-refractivity contribution is 0.236. The van der Waals surface area contributed by atoms with Gasteiger partial charge in [-0.1, -0.05) is 42.5 Å². The lowest BCUT2D eigenvalue weighted by atomic mass is 10.1. The maximum absolute atomic E-state index is 13.0. The highest BCUT2D eigenvalue weighted by molar-refractivity contribution is 5.80. The summed E-state index contributed by atoms with van der Waals surface area (Å²) >= 11 is 0. The first-order valence-electron chi connectivity index (χ1n) is 12.0. The molecule has 9 nitrogen and oxygen atoms in total. The second kappa shape index (κ2) is 11.0. The fourth-order valence-corrected chi connectivity index (χ4v) is 4.29. The lowest BCUT2D eigenvalue weighted by Gasteiger charge is -2.22. The molecular weight excluding hydrogens is 468 g/mol. The number of aromatic nitrogens is 5. The van der Waals surface area contributed by atoms with E-state index in [4.69, 9.17) is 9.47 Å². The summed E-state index contributed by atoms with van der Waals surface area (Å²) in [6.07, 6.45) is 0. The summed E-state index contributed by atoms with van der Waals surface area (Å²) in [5.74, 6) is 2.25. The van der Waals surface area contributed by atoms with Gasteiger partial charge in [0.25, 0.3) is 5.56 Å². The van der Waals surface area contributed by atoms with Crippen LogP contribution in [0.4, 0.5) is 0 Å². The Balaban J connectivity index is 1.44. The molecule has 3 aromatic carbocycles. The summed E-state index contributed by atoms with van der Waals surface area (Å²) in [5, 5.41) is 13.3. The predicted octanol–water partition coefficient (Wildman–Crippen LogP) is 3.78. The van der Waals surface area contributed by atoms with Gasteiger partial charge in [0.2, 0.25) is 0 Å². The number of rotatable bonds is 10. The van der Waals surface area contributed by atoms with Crippen LogP contribution in [0.3, 0.4) is 0 Å². The molecule has 0 fully saturated rings. The zero-order chi connectivity index (χ0) is 25.6. The Morgan fingerprint density at radius 1 is 0.838 bits per heavy atom. The number of hydrogen-bond acceptors (Lipinski definition) is 7. The van der Waals surface area contributed by atoms with Crippen LogP contribution in [0, 0.1) is 0 Å². The molecule has 0 aliphatic carbocycles. The van der Waals surface area contributed by atoms with Crippen LogP contribution in [0.25, 0.3) is 10.9 Å². The van der Waals surface area contributed by atoms with Gasteiger partial charge in [0.1, 0.15) is 11.5 Å². The van der Waals surface area contributed by atoms with Crippen LogP contribution in [-0.2, 0) is 26.2 Å². The Hall–Kier alpha value is -4.50. The average molecular weight is 497 g/mol. The molecule has 2 heterocycles. The van der Waals surface area contributed by atoms with E-state index < -0.39 is 0 Å². The first kappa shape index (κ1) is 24.2. The number of pyridine rings is 1. The van der Waals surface area contributed by atoms with Crippen LogP contribution in [-0.4, -0.2) is 44.3 Å². The normalized spacial score (nSPS) is 11.2. The van der Waals surface area contributed by atoms with Gasteiger partial charge in [-0.15, -0.1) is 5.10 Å². The fraction of sp³-hybridized carbons (Fsp3) is 0.214. The van der Waals surface area contributed by atoms with Crippen molar-refractivity contribution in [1.29, 1.82) is 0 Å². The third-order valence-corrected chi connectivity index (χ3v) is 6.23. The van der Waals surface area contributed by atoms with E-state index in [-0.39, 0.29) is 5.56 Å². The summed E-state index contributed by atoms with van der Waals surface area (Å²) in [6.45, 7) is 2.03. The number of aromatic amines is 1. The van der Waals surface area contributed by atoms with Gasteiger partial charge in [0, 0.05) is 29.6 Å². The van der Waals surface area contributed by atoms with Crippen molar-refractivity contribution in [2.75, 3.05) is 14.2 Å². The minimum absolute atomic E-state index is 0.124. The van der Waals surface area contributed by atoms with E-state index in [0.717, 1.165) is 39.4 Å². The largest absolute Gasteiger partial charge is 0.497 e. The predicted molar refractivity (Wildman–Crippen MR) is 140 cm³/mol. The molecule has 0 unspecified atom stereocenters. The van der Waals surface area contributed by atoms with Crippen molar-refractivity contribution in [2.45, 2.75) is 26.2 Å². The van der Waals surface area contributed by atoms with Crippen molar-refractivity contribution in [3.63, 3.8) is 0 Å². The highest BCUT2D eigenvalue weighted by Gasteiger charge is 2.16. The zero-order valence-corrected chi connectivity index (χ0v) is 20.8. The Kier molecular flexibility index (Phi) is 7.23. The van der Waals surface area contributed by atoms with Gasteiger partial charge in [-0.05, 0) is 58.0 Å². The van der Waals surface area contributed by atoms with Gasteiger partial charge in [-0.25, -0.2) is 4.68 Å². The van der Waals surface area contributed by atoms with Gasteiger partial charge >= 0.3 is 0 Å². The zero-order valence-electron chi connectivity index (χ0n) is 20.8. The molecule has 5 rings (SSSR count). The second-order valence-electron chi connectivity index (χ2n) is 8.81. The third kappa shape index (κ3) is 5.84. The van der Waals surface area contributed by atoms with Gasteiger partial charge in [0.15, 0.2) is 5.82 Å². The van der Waals surface area contributed by atoms with Crippen molar-refractivity contribution >= 4 is 10.9 Å². The Morgan fingerprint density at radius 3 is 2.35 bits per heavy atom. The number of benzene rings is 3. The van der Waals surface area contributed by atoms with Crippen molar-refractivity contribution < 1.29 is 9.47 Å². The minimum atomic E-state index is -0.124. The van der Waals surface area contributed by atoms with Crippen molar-refractivity contribution in [1.82, 2.24) is 30.1 Å². The summed E-state index contributed by atoms with van der Waals surface area (Å²) in [4.78, 5) is 18.1. The Morgan fingerprint density at radius 2 is 1.59 bits per heavy atom. The fourth-order valence-electron chi connectivity index (χ4n) is 4.29. The van der Waals surface area contributed by atoms with Gasteiger partial charge in [0.05, 0.1) is 27.3 Å². The average Bonchev–Trinajstić information content (AvgIpc) is 3.36. The monoisotopic (exact) mass is 496 g/mol. The molecule has 0 saturated heterocycles. The molecule has 0 aliphatic heterocycles. The topological polar surface area (TPSA) is 98.2 Å². The molecule has 5 aromatic rings. The molecule has 0 amide bonds. The molecule has 0 saturated carbocycles. The summed E-state index contributed by atoms with van der Waals surface area (Å²) in [7, 11) is 3.28. The first-order valence-corrected chi connectivity index (χ1v) is 12.0. The van der Waals surface area contributed by atoms with Crippen molar-refractivity contribution in [2.24, 2.45) is 0 Å². The number of ether oxygens (including phenoxy) is 2. The molecule has 0 atom stereocenters. The molecular formula is C28H28N6O3. The number of nitrogens with one attached hydrogen (secondary N) is 1. The molecule has 2 aromatic heterocycles. The van der Waals surface area contributed by atoms with E-state index in [2.05, 4.69) is 25.4 Å². The molecule has 0 aliphatic rings. The van der Waals surface area contributed by atoms with Gasteiger partial charge < -0.3 is 14.5 Å². The minimum Gasteiger partial charge on any atom is -0.497 e. The van der Waals surface area contributed by atoms with Gasteiger partial charge in [-0.2, -0.15) is 0 Å². The van der Waals surface area contributed by atoms with E-state index in [0.29, 0.717) is 31.7 Å². The molecule has 1 N–H and O–H groups in total. The molecule has 0 spiro atoms. The number of nitrogens with zero attached hydrogens (tertiary/aromatic N) is 5. The smallest absolute Gasteiger partial charge is 0.252 e. The van der Waals surface area contributed by atoms with Crippen LogP contribution in [0.2, 0.25) is 0 Å². The molecule has 9 heteroatoms. The number of tetrazole rings is 1. The molecule has 0 bridgehead atoms. The van der Waals surface area contributed by atoms with Crippen LogP contribution in [0.15, 0.2) is 83.7 Å². The van der Waals surface area contributed by atoms with Crippen LogP contribution in [0.5, 0.6) is 11.5 Å². The molecule has 188 valence electrons. The van der Waals surface area contributed by atoms with Crippen LogP contribution in [0.1, 0.15) is 22.5 Å². The van der Waals surface area contributed by atoms with Crippen LogP contribution >= 0.6 is 0 Å². The summed E-state index contributed by atoms with van der Waals surface area (Å²) in [6, 6.07) is 25.5. The highest BCUT2D eigenvalue weighted by atomic mass is 16.5. The van der Waals surface area contributed by atoms with Crippen LogP contribution < -0.4 is 15.0 Å². The number of H-pyrrole nitrogens is 1. The second-order valence-corrected chi connectivity index (χ2v) is 8.81. The van der Waals surface area contributed by atoms with E-state index in [9.17, 15) is 4.79 Å². The number of methoxy groups -OCH3 is 2. The lowest BCUT2D eigenvalue weighted by Crippen LogP contribution is -2.28. The molecule has 37 heavy (non-hydrogen) atoms. The summed E-state index contributed by atoms with van der Waals surface area (Å²) in [5.41, 5.74) is 3.49. The highest BCUT2D eigenvalue weighted by Crippen LogP contribution is 2.21. The van der Waals surface area contributed by atoms with E-state index in [1.54, 1.807) is 18.9 Å². The molecule has 0 radical (unpaired) electrons. The van der Waals surface area contributed by atoms with E-state index >= 15 is 0 Å². The first-order chi connectivity index (χ1) is 18.1. The van der Waals surface area contributed by atoms with Gasteiger partial charge in [-0.3, -0.25) is 9.69 Å². The maximum atomic E-state index is 13.0. The maximum Gasteiger partial charge on any atom is 0.252 e. The SMILES string of the molecule is COc1ccc(CN(Cc2cc3cc(OC)ccc3[nH]c2=O)Cc2nnnn2Cc2ccccc2)cc1. The number of hydrogen-bond donors (Lipinski definition) is 1. The third-order valence-electron chi connectivity index (χ3n) is 6.23.